The van der Waals surface area contributed by atoms with Crippen LogP contribution in [0.5, 0.6) is 0 Å². The van der Waals surface area contributed by atoms with Crippen molar-refractivity contribution >= 4 is 28.6 Å². The van der Waals surface area contributed by atoms with E-state index in [0.717, 1.165) is 16.8 Å². The zero-order chi connectivity index (χ0) is 19.4. The molecule has 6 heteroatoms. The molecule has 0 saturated carbocycles. The van der Waals surface area contributed by atoms with Gasteiger partial charge in [-0.2, -0.15) is 0 Å². The molecule has 3 aromatic rings. The van der Waals surface area contributed by atoms with Crippen LogP contribution in [0.1, 0.15) is 11.1 Å². The van der Waals surface area contributed by atoms with Crippen LogP contribution in [-0.4, -0.2) is 27.8 Å². The van der Waals surface area contributed by atoms with Crippen LogP contribution < -0.4 is 10.9 Å². The maximum absolute atomic E-state index is 13.2. The third kappa shape index (κ3) is 4.11. The molecular formula is C21H21N3O2S. The topological polar surface area (TPSA) is 64.0 Å². The lowest BCUT2D eigenvalue weighted by atomic mass is 10.1. The molecule has 0 saturated heterocycles. The predicted molar refractivity (Wildman–Crippen MR) is 111 cm³/mol. The van der Waals surface area contributed by atoms with Crippen LogP contribution in [0.25, 0.3) is 16.6 Å². The van der Waals surface area contributed by atoms with Crippen molar-refractivity contribution in [3.63, 3.8) is 0 Å². The molecule has 0 bridgehead atoms. The molecule has 1 aromatic heterocycles. The Kier molecular flexibility index (Phi) is 5.76. The molecule has 1 heterocycles. The SMILES string of the molecule is C=CCNC(=O)CSc1nc2ccccc2c(=O)n1-c1cc(C)ccc1C. The smallest absolute Gasteiger partial charge is 0.266 e. The van der Waals surface area contributed by atoms with Crippen molar-refractivity contribution in [2.24, 2.45) is 0 Å². The number of thioether (sulfide) groups is 1. The lowest BCUT2D eigenvalue weighted by Crippen LogP contribution is -2.26. The summed E-state index contributed by atoms with van der Waals surface area (Å²) in [7, 11) is 0. The number of benzene rings is 2. The second-order valence-corrected chi connectivity index (χ2v) is 7.17. The molecule has 0 unspecified atom stereocenters. The molecule has 2 aromatic carbocycles. The molecule has 0 atom stereocenters. The first-order chi connectivity index (χ1) is 13.0. The summed E-state index contributed by atoms with van der Waals surface area (Å²) in [6.45, 7) is 7.94. The number of hydrogen-bond donors (Lipinski definition) is 1. The molecule has 0 aliphatic rings. The molecule has 5 nitrogen and oxygen atoms in total. The number of rotatable bonds is 6. The number of nitrogens with one attached hydrogen (secondary N) is 1. The van der Waals surface area contributed by atoms with Gasteiger partial charge in [0.15, 0.2) is 5.16 Å². The molecule has 1 N–H and O–H groups in total. The number of aromatic nitrogens is 2. The highest BCUT2D eigenvalue weighted by molar-refractivity contribution is 7.99. The van der Waals surface area contributed by atoms with Crippen molar-refractivity contribution in [2.75, 3.05) is 12.3 Å². The first kappa shape index (κ1) is 18.9. The van der Waals surface area contributed by atoms with Crippen LogP contribution in [0.15, 0.2) is 65.1 Å². The third-order valence-electron chi connectivity index (χ3n) is 4.13. The summed E-state index contributed by atoms with van der Waals surface area (Å²) in [5, 5.41) is 3.80. The van der Waals surface area contributed by atoms with Gasteiger partial charge >= 0.3 is 0 Å². The summed E-state index contributed by atoms with van der Waals surface area (Å²) in [6, 6.07) is 13.2. The van der Waals surface area contributed by atoms with Gasteiger partial charge in [0.2, 0.25) is 5.91 Å². The summed E-state index contributed by atoms with van der Waals surface area (Å²) in [6.07, 6.45) is 1.63. The molecule has 0 fully saturated rings. The minimum absolute atomic E-state index is 0.130. The Morgan fingerprint density at radius 2 is 2.04 bits per heavy atom. The third-order valence-corrected chi connectivity index (χ3v) is 5.06. The van der Waals surface area contributed by atoms with Crippen molar-refractivity contribution in [1.29, 1.82) is 0 Å². The molecule has 0 radical (unpaired) electrons. The molecule has 0 aliphatic heterocycles. The number of nitrogens with zero attached hydrogens (tertiary/aromatic N) is 2. The van der Waals surface area contributed by atoms with Crippen LogP contribution in [0, 0.1) is 13.8 Å². The maximum Gasteiger partial charge on any atom is 0.266 e. The Balaban J connectivity index is 2.13. The number of para-hydroxylation sites is 1. The zero-order valence-corrected chi connectivity index (χ0v) is 16.2. The van der Waals surface area contributed by atoms with Gasteiger partial charge in [-0.15, -0.1) is 6.58 Å². The van der Waals surface area contributed by atoms with Crippen LogP contribution in [0.4, 0.5) is 0 Å². The van der Waals surface area contributed by atoms with Crippen molar-refractivity contribution in [3.05, 3.63) is 76.6 Å². The van der Waals surface area contributed by atoms with E-state index in [4.69, 9.17) is 0 Å². The fourth-order valence-electron chi connectivity index (χ4n) is 2.75. The Morgan fingerprint density at radius 1 is 1.26 bits per heavy atom. The van der Waals surface area contributed by atoms with E-state index < -0.39 is 0 Å². The second kappa shape index (κ2) is 8.22. The van der Waals surface area contributed by atoms with E-state index >= 15 is 0 Å². The first-order valence-electron chi connectivity index (χ1n) is 8.61. The molecule has 3 rings (SSSR count). The van der Waals surface area contributed by atoms with Crippen LogP contribution in [0.3, 0.4) is 0 Å². The number of amides is 1. The summed E-state index contributed by atoms with van der Waals surface area (Å²) >= 11 is 1.25. The fraction of sp³-hybridized carbons (Fsp3) is 0.190. The zero-order valence-electron chi connectivity index (χ0n) is 15.4. The first-order valence-corrected chi connectivity index (χ1v) is 9.59. The highest BCUT2D eigenvalue weighted by atomic mass is 32.2. The Morgan fingerprint density at radius 3 is 2.81 bits per heavy atom. The Bertz CT molecular complexity index is 1070. The van der Waals surface area contributed by atoms with E-state index in [-0.39, 0.29) is 17.2 Å². The highest BCUT2D eigenvalue weighted by Gasteiger charge is 2.16. The van der Waals surface area contributed by atoms with E-state index in [0.29, 0.717) is 22.6 Å². The van der Waals surface area contributed by atoms with Crippen LogP contribution in [0.2, 0.25) is 0 Å². The number of hydrogen-bond acceptors (Lipinski definition) is 4. The van der Waals surface area contributed by atoms with Gasteiger partial charge in [-0.3, -0.25) is 14.2 Å². The monoisotopic (exact) mass is 379 g/mol. The summed E-state index contributed by atoms with van der Waals surface area (Å²) in [4.78, 5) is 29.9. The minimum atomic E-state index is -0.136. The minimum Gasteiger partial charge on any atom is -0.352 e. The van der Waals surface area contributed by atoms with Gasteiger partial charge in [-0.25, -0.2) is 4.98 Å². The van der Waals surface area contributed by atoms with Crippen molar-refractivity contribution < 1.29 is 4.79 Å². The number of fused-ring (bicyclic) bond motifs is 1. The summed E-state index contributed by atoms with van der Waals surface area (Å²) in [5.41, 5.74) is 3.29. The van der Waals surface area contributed by atoms with E-state index in [2.05, 4.69) is 16.9 Å². The molecule has 27 heavy (non-hydrogen) atoms. The lowest BCUT2D eigenvalue weighted by Gasteiger charge is -2.15. The van der Waals surface area contributed by atoms with E-state index in [1.807, 2.05) is 50.2 Å². The summed E-state index contributed by atoms with van der Waals surface area (Å²) in [5.74, 6) is 0.0403. The van der Waals surface area contributed by atoms with Gasteiger partial charge in [0.1, 0.15) is 0 Å². The van der Waals surface area contributed by atoms with Crippen molar-refractivity contribution in [2.45, 2.75) is 19.0 Å². The lowest BCUT2D eigenvalue weighted by molar-refractivity contribution is -0.118. The number of carbonyl (C=O) groups is 1. The van der Waals surface area contributed by atoms with E-state index in [1.54, 1.807) is 16.7 Å². The molecular weight excluding hydrogens is 358 g/mol. The number of carbonyl (C=O) groups excluding carboxylic acids is 1. The van der Waals surface area contributed by atoms with Gasteiger partial charge in [-0.05, 0) is 43.2 Å². The average Bonchev–Trinajstić information content (AvgIpc) is 2.67. The van der Waals surface area contributed by atoms with Gasteiger partial charge in [0, 0.05) is 6.54 Å². The standard InChI is InChI=1S/C21H21N3O2S/c1-4-11-22-19(25)13-27-21-23-17-8-6-5-7-16(17)20(26)24(21)18-12-14(2)9-10-15(18)3/h4-10,12H,1,11,13H2,2-3H3,(H,22,25). The average molecular weight is 379 g/mol. The van der Waals surface area contributed by atoms with Crippen LogP contribution in [-0.2, 0) is 4.79 Å². The van der Waals surface area contributed by atoms with Gasteiger partial charge in [0.05, 0.1) is 22.3 Å². The van der Waals surface area contributed by atoms with E-state index in [9.17, 15) is 9.59 Å². The number of aryl methyl sites for hydroxylation is 2. The molecule has 138 valence electrons. The van der Waals surface area contributed by atoms with Gasteiger partial charge in [-0.1, -0.05) is 42.1 Å². The fourth-order valence-corrected chi connectivity index (χ4v) is 3.58. The quantitative estimate of drug-likeness (QED) is 0.405. The van der Waals surface area contributed by atoms with E-state index in [1.165, 1.54) is 11.8 Å². The Labute approximate surface area is 162 Å². The maximum atomic E-state index is 13.2. The molecule has 0 aliphatic carbocycles. The highest BCUT2D eigenvalue weighted by Crippen LogP contribution is 2.23. The largest absolute Gasteiger partial charge is 0.352 e. The van der Waals surface area contributed by atoms with Crippen molar-refractivity contribution in [3.8, 4) is 5.69 Å². The van der Waals surface area contributed by atoms with Crippen LogP contribution >= 0.6 is 11.8 Å². The summed E-state index contributed by atoms with van der Waals surface area (Å²) < 4.78 is 1.61. The second-order valence-electron chi connectivity index (χ2n) is 6.22. The normalized spacial score (nSPS) is 10.7. The van der Waals surface area contributed by atoms with Gasteiger partial charge in [0.25, 0.3) is 5.56 Å². The molecule has 1 amide bonds. The van der Waals surface area contributed by atoms with Crippen molar-refractivity contribution in [1.82, 2.24) is 14.9 Å². The van der Waals surface area contributed by atoms with Gasteiger partial charge < -0.3 is 5.32 Å². The molecule has 0 spiro atoms. The predicted octanol–water partition coefficient (Wildman–Crippen LogP) is 3.40. The Hall–Kier alpha value is -2.86.